The van der Waals surface area contributed by atoms with Crippen LogP contribution in [0.2, 0.25) is 0 Å². The first-order valence-electron chi connectivity index (χ1n) is 3.81. The quantitative estimate of drug-likeness (QED) is 0.549. The third kappa shape index (κ3) is 9.09. The molecule has 0 aliphatic rings. The summed E-state index contributed by atoms with van der Waals surface area (Å²) in [5.74, 6) is -0.474. The highest BCUT2D eigenvalue weighted by Crippen LogP contribution is 1.80. The van der Waals surface area contributed by atoms with Crippen molar-refractivity contribution in [3.63, 3.8) is 0 Å². The molecule has 0 rings (SSSR count). The van der Waals surface area contributed by atoms with Gasteiger partial charge in [-0.2, -0.15) is 8.42 Å². The van der Waals surface area contributed by atoms with Gasteiger partial charge in [-0.3, -0.25) is 4.55 Å². The van der Waals surface area contributed by atoms with Crippen molar-refractivity contribution in [2.24, 2.45) is 0 Å². The predicted octanol–water partition coefficient (Wildman–Crippen LogP) is -0.418. The van der Waals surface area contributed by atoms with Gasteiger partial charge in [-0.15, -0.1) is 0 Å². The van der Waals surface area contributed by atoms with E-state index < -0.39 is 21.9 Å². The maximum Gasteiger partial charge on any atom is 0.315 e. The first-order valence-corrected chi connectivity index (χ1v) is 5.41. The van der Waals surface area contributed by atoms with Crippen LogP contribution >= 0.6 is 0 Å². The van der Waals surface area contributed by atoms with Crippen molar-refractivity contribution in [3.8, 4) is 0 Å². The van der Waals surface area contributed by atoms with E-state index in [0.29, 0.717) is 0 Å². The fourth-order valence-corrected chi connectivity index (χ4v) is 0.967. The van der Waals surface area contributed by atoms with E-state index in [4.69, 9.17) is 4.55 Å². The van der Waals surface area contributed by atoms with Gasteiger partial charge in [0.05, 0.1) is 5.75 Å². The number of hydrogen-bond donors (Lipinski definition) is 3. The van der Waals surface area contributed by atoms with Gasteiger partial charge >= 0.3 is 6.03 Å². The maximum atomic E-state index is 10.8. The Morgan fingerprint density at radius 1 is 1.46 bits per heavy atom. The Hall–Kier alpha value is -0.820. The van der Waals surface area contributed by atoms with E-state index in [0.717, 1.165) is 0 Å². The molecule has 0 heterocycles. The Labute approximate surface area is 77.5 Å². The zero-order valence-corrected chi connectivity index (χ0v) is 8.39. The van der Waals surface area contributed by atoms with Crippen LogP contribution in [0.25, 0.3) is 0 Å². The van der Waals surface area contributed by atoms with Gasteiger partial charge < -0.3 is 10.6 Å². The molecule has 13 heavy (non-hydrogen) atoms. The second-order valence-electron chi connectivity index (χ2n) is 2.84. The molecule has 0 aromatic heterocycles. The van der Waals surface area contributed by atoms with Gasteiger partial charge in [0, 0.05) is 12.6 Å². The number of carbonyl (C=O) groups is 1. The molecule has 7 heteroatoms. The van der Waals surface area contributed by atoms with E-state index in [1.54, 1.807) is 13.8 Å². The van der Waals surface area contributed by atoms with Gasteiger partial charge in [0.2, 0.25) is 0 Å². The van der Waals surface area contributed by atoms with Crippen LogP contribution in [0.4, 0.5) is 4.79 Å². The van der Waals surface area contributed by atoms with Crippen LogP contribution < -0.4 is 10.6 Å². The lowest BCUT2D eigenvalue weighted by Gasteiger charge is -2.08. The van der Waals surface area contributed by atoms with Crippen molar-refractivity contribution in [2.75, 3.05) is 12.3 Å². The Morgan fingerprint density at radius 3 is 2.38 bits per heavy atom. The van der Waals surface area contributed by atoms with Crippen LogP contribution in [0.1, 0.15) is 13.8 Å². The van der Waals surface area contributed by atoms with Crippen LogP contribution in [0.3, 0.4) is 0 Å². The summed E-state index contributed by atoms with van der Waals surface area (Å²) >= 11 is 0. The minimum atomic E-state index is -3.99. The van der Waals surface area contributed by atoms with Crippen LogP contribution in [-0.4, -0.2) is 37.3 Å². The van der Waals surface area contributed by atoms with E-state index in [-0.39, 0.29) is 12.6 Å². The number of nitrogens with one attached hydrogen (secondary N) is 2. The number of hydrogen-bond acceptors (Lipinski definition) is 3. The summed E-state index contributed by atoms with van der Waals surface area (Å²) in [6.07, 6.45) is 0. The highest BCUT2D eigenvalue weighted by molar-refractivity contribution is 7.85. The summed E-state index contributed by atoms with van der Waals surface area (Å²) in [6, 6.07) is -0.454. The number of amides is 2. The molecule has 2 amide bonds. The fraction of sp³-hybridized carbons (Fsp3) is 0.833. The summed E-state index contributed by atoms with van der Waals surface area (Å²) < 4.78 is 28.8. The van der Waals surface area contributed by atoms with Crippen LogP contribution in [-0.2, 0) is 10.1 Å². The monoisotopic (exact) mass is 210 g/mol. The smallest absolute Gasteiger partial charge is 0.315 e. The lowest BCUT2D eigenvalue weighted by Crippen LogP contribution is -2.41. The average Bonchev–Trinajstić information content (AvgIpc) is 1.81. The van der Waals surface area contributed by atoms with Crippen molar-refractivity contribution in [2.45, 2.75) is 19.9 Å². The average molecular weight is 210 g/mol. The highest BCUT2D eigenvalue weighted by Gasteiger charge is 2.06. The molecule has 0 atom stereocenters. The van der Waals surface area contributed by atoms with Gasteiger partial charge in [-0.25, -0.2) is 4.79 Å². The third-order valence-electron chi connectivity index (χ3n) is 1.07. The van der Waals surface area contributed by atoms with Crippen LogP contribution in [0.15, 0.2) is 0 Å². The zero-order valence-electron chi connectivity index (χ0n) is 7.57. The minimum absolute atomic E-state index is 0.00858. The van der Waals surface area contributed by atoms with E-state index in [1.165, 1.54) is 0 Å². The van der Waals surface area contributed by atoms with Crippen LogP contribution in [0.5, 0.6) is 0 Å². The minimum Gasteiger partial charge on any atom is -0.337 e. The number of carbonyl (C=O) groups excluding carboxylic acids is 1. The molecule has 0 fully saturated rings. The molecule has 0 aromatic carbocycles. The van der Waals surface area contributed by atoms with Gasteiger partial charge in [0.25, 0.3) is 10.1 Å². The third-order valence-corrected chi connectivity index (χ3v) is 1.79. The Morgan fingerprint density at radius 2 is 2.00 bits per heavy atom. The summed E-state index contributed by atoms with van der Waals surface area (Å²) in [7, 11) is -3.99. The van der Waals surface area contributed by atoms with Crippen LogP contribution in [0, 0.1) is 0 Å². The lowest BCUT2D eigenvalue weighted by atomic mass is 10.4. The molecule has 0 bridgehead atoms. The molecule has 0 radical (unpaired) electrons. The first-order chi connectivity index (χ1) is 5.81. The molecule has 3 N–H and O–H groups in total. The topological polar surface area (TPSA) is 95.5 Å². The summed E-state index contributed by atoms with van der Waals surface area (Å²) in [6.45, 7) is 3.46. The fourth-order valence-electron chi connectivity index (χ4n) is 0.607. The van der Waals surface area contributed by atoms with Crippen molar-refractivity contribution in [1.82, 2.24) is 10.6 Å². The summed E-state index contributed by atoms with van der Waals surface area (Å²) in [5, 5.41) is 4.78. The molecule has 6 nitrogen and oxygen atoms in total. The van der Waals surface area contributed by atoms with Gasteiger partial charge in [0.15, 0.2) is 0 Å². The van der Waals surface area contributed by atoms with Gasteiger partial charge in [-0.1, -0.05) is 0 Å². The van der Waals surface area contributed by atoms with Gasteiger partial charge in [0.1, 0.15) is 0 Å². The molecule has 0 saturated carbocycles. The second-order valence-corrected chi connectivity index (χ2v) is 4.41. The molecule has 0 aliphatic heterocycles. The second kappa shape index (κ2) is 5.03. The molecule has 0 aromatic rings. The molecule has 0 saturated heterocycles. The van der Waals surface area contributed by atoms with Crippen molar-refractivity contribution >= 4 is 16.1 Å². The van der Waals surface area contributed by atoms with Crippen molar-refractivity contribution in [1.29, 1.82) is 0 Å². The molecular weight excluding hydrogens is 196 g/mol. The van der Waals surface area contributed by atoms with Gasteiger partial charge in [-0.05, 0) is 13.8 Å². The van der Waals surface area contributed by atoms with E-state index in [2.05, 4.69) is 10.6 Å². The van der Waals surface area contributed by atoms with E-state index in [1.807, 2.05) is 0 Å². The van der Waals surface area contributed by atoms with Crippen molar-refractivity contribution in [3.05, 3.63) is 0 Å². The molecule has 78 valence electrons. The molecule has 0 unspecified atom stereocenters. The lowest BCUT2D eigenvalue weighted by molar-refractivity contribution is 0.239. The number of rotatable bonds is 4. The predicted molar refractivity (Wildman–Crippen MR) is 48.1 cm³/mol. The maximum absolute atomic E-state index is 10.8. The zero-order chi connectivity index (χ0) is 10.5. The normalized spacial score (nSPS) is 11.4. The molecular formula is C6H14N2O4S. The summed E-state index contributed by atoms with van der Waals surface area (Å²) in [5.41, 5.74) is 0. The molecule has 0 spiro atoms. The molecule has 0 aliphatic carbocycles. The largest absolute Gasteiger partial charge is 0.337 e. The standard InChI is InChI=1S/C6H14N2O4S/c1-5(2)8-6(9)7-3-4-13(10,11)12/h5H,3-4H2,1-2H3,(H2,7,8,9)(H,10,11,12). The SMILES string of the molecule is CC(C)NC(=O)NCCS(=O)(=O)O. The number of urea groups is 1. The highest BCUT2D eigenvalue weighted by atomic mass is 32.2. The van der Waals surface area contributed by atoms with E-state index >= 15 is 0 Å². The first kappa shape index (κ1) is 12.2. The van der Waals surface area contributed by atoms with Crippen molar-refractivity contribution < 1.29 is 17.8 Å². The Kier molecular flexibility index (Phi) is 4.71. The Balaban J connectivity index is 3.61. The van der Waals surface area contributed by atoms with E-state index in [9.17, 15) is 13.2 Å². The summed E-state index contributed by atoms with van der Waals surface area (Å²) in [4.78, 5) is 10.8. The Bertz CT molecular complexity index is 260.